The lowest BCUT2D eigenvalue weighted by Gasteiger charge is -2.13. The Labute approximate surface area is 155 Å². The molecule has 0 spiro atoms. The molecule has 0 aliphatic carbocycles. The Morgan fingerprint density at radius 3 is 2.31 bits per heavy atom. The topological polar surface area (TPSA) is 44.8 Å². The first-order valence-electron chi connectivity index (χ1n) is 8.41. The van der Waals surface area contributed by atoms with E-state index in [0.29, 0.717) is 6.61 Å². The molecule has 0 atom stereocenters. The minimum Gasteiger partial charge on any atom is -0.547 e. The van der Waals surface area contributed by atoms with Gasteiger partial charge in [-0.25, -0.2) is 4.79 Å². The fourth-order valence-corrected chi connectivity index (χ4v) is 2.41. The van der Waals surface area contributed by atoms with Crippen LogP contribution < -0.4 is 4.74 Å². The average molecular weight is 369 g/mol. The summed E-state index contributed by atoms with van der Waals surface area (Å²) < 4.78 is 16.1. The highest BCUT2D eigenvalue weighted by Crippen LogP contribution is 2.15. The van der Waals surface area contributed by atoms with E-state index in [4.69, 9.17) is 13.9 Å². The maximum absolute atomic E-state index is 11.6. The fraction of sp³-hybridized carbons (Fsp3) is 0.190. The molecule has 2 rings (SSSR count). The summed E-state index contributed by atoms with van der Waals surface area (Å²) >= 11 is 0. The SMILES string of the molecule is C[Si](C)(C)O/C=C\OC(=O)/C=C/c1ccc(OCc2ccccc2)cc1. The van der Waals surface area contributed by atoms with Crippen LogP contribution in [-0.2, 0) is 20.6 Å². The van der Waals surface area contributed by atoms with Crippen LogP contribution in [0.2, 0.25) is 19.6 Å². The molecule has 4 nitrogen and oxygen atoms in total. The zero-order valence-corrected chi connectivity index (χ0v) is 16.3. The zero-order valence-electron chi connectivity index (χ0n) is 15.3. The van der Waals surface area contributed by atoms with Crippen molar-refractivity contribution in [2.75, 3.05) is 0 Å². The molecule has 0 aliphatic rings. The Hall–Kier alpha value is -2.79. The van der Waals surface area contributed by atoms with Gasteiger partial charge in [0, 0.05) is 6.08 Å². The highest BCUT2D eigenvalue weighted by Gasteiger charge is 2.12. The monoisotopic (exact) mass is 368 g/mol. The lowest BCUT2D eigenvalue weighted by Crippen LogP contribution is -2.21. The van der Waals surface area contributed by atoms with Crippen molar-refractivity contribution >= 4 is 20.4 Å². The molecular weight excluding hydrogens is 344 g/mol. The van der Waals surface area contributed by atoms with Gasteiger partial charge in [0.05, 0.1) is 0 Å². The fourth-order valence-electron chi connectivity index (χ4n) is 1.95. The number of rotatable bonds is 8. The normalized spacial score (nSPS) is 11.7. The van der Waals surface area contributed by atoms with Crippen molar-refractivity contribution in [3.05, 3.63) is 84.3 Å². The number of carbonyl (C=O) groups excluding carboxylic acids is 1. The summed E-state index contributed by atoms with van der Waals surface area (Å²) in [6.45, 7) is 6.67. The van der Waals surface area contributed by atoms with Crippen LogP contribution in [0.3, 0.4) is 0 Å². The molecule has 5 heteroatoms. The van der Waals surface area contributed by atoms with Gasteiger partial charge in [0.2, 0.25) is 8.32 Å². The van der Waals surface area contributed by atoms with Crippen LogP contribution in [0, 0.1) is 0 Å². The van der Waals surface area contributed by atoms with Crippen LogP contribution in [0.5, 0.6) is 5.75 Å². The predicted molar refractivity (Wildman–Crippen MR) is 106 cm³/mol. The predicted octanol–water partition coefficient (Wildman–Crippen LogP) is 5.14. The molecule has 0 heterocycles. The lowest BCUT2D eigenvalue weighted by molar-refractivity contribution is -0.132. The van der Waals surface area contributed by atoms with E-state index in [1.807, 2.05) is 74.2 Å². The van der Waals surface area contributed by atoms with Crippen LogP contribution in [0.15, 0.2) is 73.2 Å². The largest absolute Gasteiger partial charge is 0.547 e. The minimum atomic E-state index is -1.64. The third kappa shape index (κ3) is 7.85. The Balaban J connectivity index is 1.78. The molecule has 2 aromatic carbocycles. The van der Waals surface area contributed by atoms with Gasteiger partial charge in [-0.2, -0.15) is 0 Å². The van der Waals surface area contributed by atoms with Gasteiger partial charge in [0.15, 0.2) is 0 Å². The molecule has 0 aliphatic heterocycles. The van der Waals surface area contributed by atoms with E-state index in [1.54, 1.807) is 6.08 Å². The van der Waals surface area contributed by atoms with Crippen molar-refractivity contribution in [1.82, 2.24) is 0 Å². The average Bonchev–Trinajstić information content (AvgIpc) is 2.63. The van der Waals surface area contributed by atoms with Gasteiger partial charge in [-0.15, -0.1) is 0 Å². The molecule has 0 bridgehead atoms. The molecule has 0 radical (unpaired) electrons. The van der Waals surface area contributed by atoms with Crippen molar-refractivity contribution < 1.29 is 18.7 Å². The Morgan fingerprint density at radius 2 is 1.65 bits per heavy atom. The number of ether oxygens (including phenoxy) is 2. The molecule has 0 N–H and O–H groups in total. The number of carbonyl (C=O) groups is 1. The Kier molecular flexibility index (Phi) is 7.23. The molecule has 26 heavy (non-hydrogen) atoms. The van der Waals surface area contributed by atoms with E-state index in [0.717, 1.165) is 16.9 Å². The molecular formula is C21H24O4Si. The molecule has 0 saturated heterocycles. The summed E-state index contributed by atoms with van der Waals surface area (Å²) in [6, 6.07) is 17.5. The number of benzene rings is 2. The van der Waals surface area contributed by atoms with Gasteiger partial charge in [0.1, 0.15) is 24.9 Å². The minimum absolute atomic E-state index is 0.454. The summed E-state index contributed by atoms with van der Waals surface area (Å²) in [5.74, 6) is 0.324. The number of hydrogen-bond donors (Lipinski definition) is 0. The van der Waals surface area contributed by atoms with E-state index in [9.17, 15) is 4.79 Å². The molecule has 136 valence electrons. The third-order valence-corrected chi connectivity index (χ3v) is 4.04. The first kappa shape index (κ1) is 19.5. The first-order chi connectivity index (χ1) is 12.4. The Bertz CT molecular complexity index is 744. The standard InChI is InChI=1S/C21H24O4Si/c1-26(2,3)25-16-15-23-21(22)14-11-18-9-12-20(13-10-18)24-17-19-7-5-4-6-8-19/h4-16H,17H2,1-3H3/b14-11+,16-15-. The van der Waals surface area contributed by atoms with Crippen molar-refractivity contribution in [3.8, 4) is 5.75 Å². The second kappa shape index (κ2) is 9.63. The van der Waals surface area contributed by atoms with Gasteiger partial charge >= 0.3 is 5.97 Å². The van der Waals surface area contributed by atoms with Gasteiger partial charge in [0.25, 0.3) is 0 Å². The number of hydrogen-bond acceptors (Lipinski definition) is 4. The summed E-state index contributed by atoms with van der Waals surface area (Å²) in [6.07, 6.45) is 5.76. The van der Waals surface area contributed by atoms with Crippen molar-refractivity contribution in [2.24, 2.45) is 0 Å². The maximum atomic E-state index is 11.6. The van der Waals surface area contributed by atoms with Crippen LogP contribution >= 0.6 is 0 Å². The summed E-state index contributed by atoms with van der Waals surface area (Å²) in [7, 11) is -1.64. The third-order valence-electron chi connectivity index (χ3n) is 3.20. The Morgan fingerprint density at radius 1 is 0.962 bits per heavy atom. The lowest BCUT2D eigenvalue weighted by atomic mass is 10.2. The summed E-state index contributed by atoms with van der Waals surface area (Å²) in [4.78, 5) is 11.6. The highest BCUT2D eigenvalue weighted by molar-refractivity contribution is 6.69. The van der Waals surface area contributed by atoms with Gasteiger partial charge < -0.3 is 13.9 Å². The first-order valence-corrected chi connectivity index (χ1v) is 11.8. The van der Waals surface area contributed by atoms with Crippen LogP contribution in [0.4, 0.5) is 0 Å². The van der Waals surface area contributed by atoms with E-state index in [-0.39, 0.29) is 0 Å². The molecule has 0 unspecified atom stereocenters. The maximum Gasteiger partial charge on any atom is 0.335 e. The van der Waals surface area contributed by atoms with Crippen LogP contribution in [0.25, 0.3) is 6.08 Å². The van der Waals surface area contributed by atoms with Crippen LogP contribution in [0.1, 0.15) is 11.1 Å². The van der Waals surface area contributed by atoms with E-state index in [1.165, 1.54) is 18.6 Å². The molecule has 2 aromatic rings. The van der Waals surface area contributed by atoms with Crippen molar-refractivity contribution in [2.45, 2.75) is 26.2 Å². The van der Waals surface area contributed by atoms with E-state index >= 15 is 0 Å². The quantitative estimate of drug-likeness (QED) is 0.280. The summed E-state index contributed by atoms with van der Waals surface area (Å²) in [5.41, 5.74) is 2.00. The van der Waals surface area contributed by atoms with Crippen molar-refractivity contribution in [3.63, 3.8) is 0 Å². The molecule has 0 amide bonds. The molecule has 0 aromatic heterocycles. The second-order valence-electron chi connectivity index (χ2n) is 6.62. The molecule has 0 fully saturated rings. The zero-order chi connectivity index (χ0) is 18.8. The highest BCUT2D eigenvalue weighted by atomic mass is 28.4. The smallest absolute Gasteiger partial charge is 0.335 e. The second-order valence-corrected chi connectivity index (χ2v) is 11.1. The van der Waals surface area contributed by atoms with Crippen molar-refractivity contribution in [1.29, 1.82) is 0 Å². The van der Waals surface area contributed by atoms with Gasteiger partial charge in [-0.1, -0.05) is 42.5 Å². The summed E-state index contributed by atoms with van der Waals surface area (Å²) in [5, 5.41) is 0. The molecule has 0 saturated carbocycles. The van der Waals surface area contributed by atoms with Crippen LogP contribution in [-0.4, -0.2) is 14.3 Å². The van der Waals surface area contributed by atoms with Gasteiger partial charge in [-0.3, -0.25) is 0 Å². The van der Waals surface area contributed by atoms with E-state index in [2.05, 4.69) is 0 Å². The number of esters is 1. The van der Waals surface area contributed by atoms with E-state index < -0.39 is 14.3 Å². The van der Waals surface area contributed by atoms with Gasteiger partial charge in [-0.05, 0) is 49.0 Å².